The molecule has 32 heavy (non-hydrogen) atoms. The first-order valence-corrected chi connectivity index (χ1v) is 13.2. The smallest absolute Gasteiger partial charge is 0.0814 e. The van der Waals surface area contributed by atoms with Crippen LogP contribution in [-0.4, -0.2) is 15.0 Å². The molecular formula is C30H52BN. The highest BCUT2D eigenvalue weighted by atomic mass is 14.5. The molecule has 0 aliphatic rings. The second-order valence-electron chi connectivity index (χ2n) is 8.82. The summed E-state index contributed by atoms with van der Waals surface area (Å²) in [6.07, 6.45) is 22.9. The minimum atomic E-state index is 0. The van der Waals surface area contributed by atoms with Gasteiger partial charge in [0.05, 0.1) is 8.41 Å². The van der Waals surface area contributed by atoms with Gasteiger partial charge in [0.1, 0.15) is 0 Å². The third-order valence-corrected chi connectivity index (χ3v) is 5.94. The van der Waals surface area contributed by atoms with Crippen LogP contribution in [0.2, 0.25) is 0 Å². The van der Waals surface area contributed by atoms with E-state index in [4.69, 9.17) is 5.73 Å². The van der Waals surface area contributed by atoms with Gasteiger partial charge in [-0.2, -0.15) is 0 Å². The van der Waals surface area contributed by atoms with Crippen molar-refractivity contribution < 1.29 is 0 Å². The average Bonchev–Trinajstić information content (AvgIpc) is 2.83. The van der Waals surface area contributed by atoms with Crippen LogP contribution in [0.25, 0.3) is 11.1 Å². The fourth-order valence-corrected chi connectivity index (χ4v) is 3.95. The van der Waals surface area contributed by atoms with E-state index < -0.39 is 0 Å². The van der Waals surface area contributed by atoms with Gasteiger partial charge in [-0.15, -0.1) is 0 Å². The summed E-state index contributed by atoms with van der Waals surface area (Å²) < 4.78 is 0. The molecule has 180 valence electrons. The van der Waals surface area contributed by atoms with E-state index in [1.807, 2.05) is 12.1 Å². The molecule has 0 saturated carbocycles. The molecule has 2 N–H and O–H groups in total. The Morgan fingerprint density at radius 1 is 0.438 bits per heavy atom. The lowest BCUT2D eigenvalue weighted by Gasteiger charge is -2.03. The molecule has 2 aromatic rings. The van der Waals surface area contributed by atoms with E-state index >= 15 is 0 Å². The van der Waals surface area contributed by atoms with Crippen LogP contribution in [0, 0.1) is 0 Å². The van der Waals surface area contributed by atoms with Crippen LogP contribution >= 0.6 is 0 Å². The Labute approximate surface area is 202 Å². The third-order valence-electron chi connectivity index (χ3n) is 5.94. The van der Waals surface area contributed by atoms with Crippen molar-refractivity contribution in [3.05, 3.63) is 60.7 Å². The van der Waals surface area contributed by atoms with E-state index in [0.29, 0.717) is 0 Å². The van der Waals surface area contributed by atoms with Crippen LogP contribution < -0.4 is 5.73 Å². The van der Waals surface area contributed by atoms with Gasteiger partial charge in [0, 0.05) is 0 Å². The van der Waals surface area contributed by atoms with Crippen LogP contribution in [0.1, 0.15) is 110 Å². The molecule has 0 aliphatic carbocycles. The minimum absolute atomic E-state index is 0. The normalized spacial score (nSPS) is 10.2. The molecule has 0 aliphatic heterocycles. The zero-order valence-corrected chi connectivity index (χ0v) is 20.4. The van der Waals surface area contributed by atoms with Crippen molar-refractivity contribution in [3.63, 3.8) is 0 Å². The van der Waals surface area contributed by atoms with E-state index in [-0.39, 0.29) is 8.41 Å². The lowest BCUT2D eigenvalue weighted by atomic mass is 10.0. The third kappa shape index (κ3) is 18.1. The Hall–Kier alpha value is -1.54. The standard InChI is InChI=1S/C18H39N.C12H10.BH3/c1-2-3-4-5-6-7-8-9-10-11-12-13-14-15-16-17-18-19;1-3-7-11(8-4-1)12-9-5-2-6-10-12;/h2-19H2,1H3;1-10H;1H3. The summed E-state index contributed by atoms with van der Waals surface area (Å²) in [6.45, 7) is 3.16. The first kappa shape index (κ1) is 30.5. The van der Waals surface area contributed by atoms with Crippen LogP contribution in [0.5, 0.6) is 0 Å². The van der Waals surface area contributed by atoms with Gasteiger partial charge in [-0.05, 0) is 24.1 Å². The SMILES string of the molecule is B.CCCCCCCCCCCCCCCCCCN.c1ccc(-c2ccccc2)cc1. The molecule has 2 heteroatoms. The Kier molecular flexibility index (Phi) is 23.0. The maximum Gasteiger partial charge on any atom is 0.0814 e. The fourth-order valence-electron chi connectivity index (χ4n) is 3.95. The molecular weight excluding hydrogens is 385 g/mol. The molecule has 0 unspecified atom stereocenters. The molecule has 2 aromatic carbocycles. The van der Waals surface area contributed by atoms with Crippen molar-refractivity contribution in [2.45, 2.75) is 110 Å². The lowest BCUT2D eigenvalue weighted by molar-refractivity contribution is 0.530. The summed E-state index contributed by atoms with van der Waals surface area (Å²) in [7, 11) is 0. The van der Waals surface area contributed by atoms with Gasteiger partial charge in [0.25, 0.3) is 0 Å². The maximum absolute atomic E-state index is 5.48. The average molecular weight is 438 g/mol. The maximum atomic E-state index is 5.48. The monoisotopic (exact) mass is 437 g/mol. The van der Waals surface area contributed by atoms with Crippen LogP contribution in [0.3, 0.4) is 0 Å². The summed E-state index contributed by atoms with van der Waals surface area (Å²) in [5, 5.41) is 0. The summed E-state index contributed by atoms with van der Waals surface area (Å²) in [4.78, 5) is 0. The van der Waals surface area contributed by atoms with E-state index in [9.17, 15) is 0 Å². The topological polar surface area (TPSA) is 26.0 Å². The summed E-state index contributed by atoms with van der Waals surface area (Å²) in [5.41, 5.74) is 8.03. The molecule has 0 bridgehead atoms. The first-order chi connectivity index (χ1) is 15.4. The number of hydrogen-bond acceptors (Lipinski definition) is 1. The van der Waals surface area contributed by atoms with E-state index in [1.165, 1.54) is 114 Å². The van der Waals surface area contributed by atoms with Crippen LogP contribution in [-0.2, 0) is 0 Å². The van der Waals surface area contributed by atoms with E-state index in [1.54, 1.807) is 0 Å². The number of nitrogens with two attached hydrogens (primary N) is 1. The van der Waals surface area contributed by atoms with E-state index in [0.717, 1.165) is 6.54 Å². The highest BCUT2D eigenvalue weighted by molar-refractivity contribution is 5.75. The van der Waals surface area contributed by atoms with Crippen molar-refractivity contribution in [2.24, 2.45) is 5.73 Å². The van der Waals surface area contributed by atoms with Crippen LogP contribution in [0.15, 0.2) is 60.7 Å². The number of rotatable bonds is 17. The molecule has 0 atom stereocenters. The predicted molar refractivity (Wildman–Crippen MR) is 150 cm³/mol. The van der Waals surface area contributed by atoms with Gasteiger partial charge < -0.3 is 5.73 Å². The Bertz CT molecular complexity index is 531. The van der Waals surface area contributed by atoms with E-state index in [2.05, 4.69) is 55.5 Å². The number of benzene rings is 2. The highest BCUT2D eigenvalue weighted by Gasteiger charge is 1.94. The molecule has 0 amide bonds. The summed E-state index contributed by atoms with van der Waals surface area (Å²) >= 11 is 0. The molecule has 0 aromatic heterocycles. The van der Waals surface area contributed by atoms with Crippen molar-refractivity contribution >= 4 is 8.41 Å². The van der Waals surface area contributed by atoms with Gasteiger partial charge in [-0.25, -0.2) is 0 Å². The molecule has 0 heterocycles. The molecule has 0 fully saturated rings. The molecule has 0 radical (unpaired) electrons. The Morgan fingerprint density at radius 3 is 1.00 bits per heavy atom. The van der Waals surface area contributed by atoms with Gasteiger partial charge in [-0.1, -0.05) is 164 Å². The summed E-state index contributed by atoms with van der Waals surface area (Å²) in [5.74, 6) is 0. The second kappa shape index (κ2) is 24.1. The lowest BCUT2D eigenvalue weighted by Crippen LogP contribution is -1.97. The molecule has 2 rings (SSSR count). The van der Waals surface area contributed by atoms with Gasteiger partial charge in [-0.3, -0.25) is 0 Å². The Morgan fingerprint density at radius 2 is 0.719 bits per heavy atom. The first-order valence-electron chi connectivity index (χ1n) is 13.2. The number of hydrogen-bond donors (Lipinski definition) is 1. The van der Waals surface area contributed by atoms with Gasteiger partial charge in [0.2, 0.25) is 0 Å². The van der Waals surface area contributed by atoms with Crippen molar-refractivity contribution in [1.29, 1.82) is 0 Å². The molecule has 0 spiro atoms. The summed E-state index contributed by atoms with van der Waals surface area (Å²) in [6, 6.07) is 20.8. The molecule has 1 nitrogen and oxygen atoms in total. The largest absolute Gasteiger partial charge is 0.330 e. The fraction of sp³-hybridized carbons (Fsp3) is 0.600. The quantitative estimate of drug-likeness (QED) is 0.195. The van der Waals surface area contributed by atoms with Gasteiger partial charge >= 0.3 is 0 Å². The zero-order valence-electron chi connectivity index (χ0n) is 20.4. The highest BCUT2D eigenvalue weighted by Crippen LogP contribution is 2.17. The zero-order chi connectivity index (χ0) is 22.2. The predicted octanol–water partition coefficient (Wildman–Crippen LogP) is 8.38. The minimum Gasteiger partial charge on any atom is -0.330 e. The van der Waals surface area contributed by atoms with Crippen molar-refractivity contribution in [3.8, 4) is 11.1 Å². The molecule has 0 saturated heterocycles. The van der Waals surface area contributed by atoms with Crippen molar-refractivity contribution in [1.82, 2.24) is 0 Å². The second-order valence-corrected chi connectivity index (χ2v) is 8.82. The Balaban J connectivity index is 0.000000631. The van der Waals surface area contributed by atoms with Crippen molar-refractivity contribution in [2.75, 3.05) is 6.54 Å². The number of unbranched alkanes of at least 4 members (excludes halogenated alkanes) is 15. The van der Waals surface area contributed by atoms with Crippen LogP contribution in [0.4, 0.5) is 0 Å². The van der Waals surface area contributed by atoms with Gasteiger partial charge in [0.15, 0.2) is 0 Å².